The number of rotatable bonds is 4. The molecular weight excluding hydrogens is 224 g/mol. The summed E-state index contributed by atoms with van der Waals surface area (Å²) in [4.78, 5) is 2.09. The quantitative estimate of drug-likeness (QED) is 0.874. The van der Waals surface area contributed by atoms with Crippen molar-refractivity contribution in [3.63, 3.8) is 0 Å². The van der Waals surface area contributed by atoms with Gasteiger partial charge in [0.05, 0.1) is 0 Å². The average Bonchev–Trinajstić information content (AvgIpc) is 2.21. The minimum absolute atomic E-state index is 0.336. The van der Waals surface area contributed by atoms with Gasteiger partial charge in [-0.05, 0) is 30.7 Å². The first-order chi connectivity index (χ1) is 8.03. The van der Waals surface area contributed by atoms with Crippen molar-refractivity contribution in [1.29, 1.82) is 0 Å². The molecule has 94 valence electrons. The molecule has 0 spiro atoms. The zero-order valence-corrected chi connectivity index (χ0v) is 9.92. The van der Waals surface area contributed by atoms with Crippen molar-refractivity contribution in [2.24, 2.45) is 0 Å². The Morgan fingerprint density at radius 1 is 1.24 bits per heavy atom. The molecule has 1 fully saturated rings. The van der Waals surface area contributed by atoms with E-state index in [1.54, 1.807) is 0 Å². The highest BCUT2D eigenvalue weighted by Gasteiger charge is 2.42. The van der Waals surface area contributed by atoms with Gasteiger partial charge in [0.25, 0.3) is 0 Å². The summed E-state index contributed by atoms with van der Waals surface area (Å²) in [5, 5.41) is 10.2. The minimum Gasteiger partial charge on any atom is -0.382 e. The van der Waals surface area contributed by atoms with Crippen LogP contribution in [0.2, 0.25) is 0 Å². The van der Waals surface area contributed by atoms with E-state index in [1.807, 2.05) is 0 Å². The van der Waals surface area contributed by atoms with E-state index in [0.717, 1.165) is 25.5 Å². The lowest BCUT2D eigenvalue weighted by atomic mass is 9.86. The molecule has 0 unspecified atom stereocenters. The molecule has 0 saturated carbocycles. The third-order valence-electron chi connectivity index (χ3n) is 3.20. The van der Waals surface area contributed by atoms with E-state index in [-0.39, 0.29) is 0 Å². The van der Waals surface area contributed by atoms with Gasteiger partial charge in [-0.1, -0.05) is 13.3 Å². The molecule has 1 aromatic rings. The smallest absolute Gasteiger partial charge is 0.126 e. The predicted octanol–water partition coefficient (Wildman–Crippen LogP) is 2.27. The highest BCUT2D eigenvalue weighted by Crippen LogP contribution is 2.32. The normalized spacial score (nSPS) is 19.1. The van der Waals surface area contributed by atoms with Gasteiger partial charge in [0.15, 0.2) is 0 Å². The first-order valence-corrected chi connectivity index (χ1v) is 5.95. The van der Waals surface area contributed by atoms with E-state index < -0.39 is 17.2 Å². The number of unbranched alkanes of at least 4 members (excludes halogenated alkanes) is 1. The fourth-order valence-electron chi connectivity index (χ4n) is 2.24. The maximum absolute atomic E-state index is 13.1. The Kier molecular flexibility index (Phi) is 3.45. The summed E-state index contributed by atoms with van der Waals surface area (Å²) in [5.41, 5.74) is -0.751. The number of likely N-dealkylation sites (tertiary alicyclic amines) is 1. The highest BCUT2D eigenvalue weighted by atomic mass is 19.1. The standard InChI is InChI=1S/C13H17F2NO/c1-2-3-4-16-8-13(17,9-16)10-5-11(14)7-12(15)6-10/h5-7,17H,2-4,8-9H2,1H3. The van der Waals surface area contributed by atoms with Crippen molar-refractivity contribution in [1.82, 2.24) is 4.90 Å². The van der Waals surface area contributed by atoms with Gasteiger partial charge in [0.1, 0.15) is 17.2 Å². The largest absolute Gasteiger partial charge is 0.382 e. The molecule has 1 aliphatic rings. The Bertz CT molecular complexity index is 382. The molecule has 0 aliphatic carbocycles. The Balaban J connectivity index is 2.03. The van der Waals surface area contributed by atoms with Gasteiger partial charge in [-0.25, -0.2) is 8.78 Å². The van der Waals surface area contributed by atoms with E-state index in [0.29, 0.717) is 18.7 Å². The van der Waals surface area contributed by atoms with Crippen LogP contribution >= 0.6 is 0 Å². The Hall–Kier alpha value is -1.00. The van der Waals surface area contributed by atoms with Gasteiger partial charge in [0.2, 0.25) is 0 Å². The van der Waals surface area contributed by atoms with Crippen molar-refractivity contribution in [2.75, 3.05) is 19.6 Å². The molecular formula is C13H17F2NO. The van der Waals surface area contributed by atoms with Crippen LogP contribution in [-0.4, -0.2) is 29.6 Å². The van der Waals surface area contributed by atoms with Crippen LogP contribution in [0, 0.1) is 11.6 Å². The van der Waals surface area contributed by atoms with E-state index in [9.17, 15) is 13.9 Å². The van der Waals surface area contributed by atoms with Gasteiger partial charge in [-0.15, -0.1) is 0 Å². The van der Waals surface area contributed by atoms with E-state index in [2.05, 4.69) is 11.8 Å². The van der Waals surface area contributed by atoms with Crippen LogP contribution in [0.5, 0.6) is 0 Å². The van der Waals surface area contributed by atoms with Crippen molar-refractivity contribution in [2.45, 2.75) is 25.4 Å². The summed E-state index contributed by atoms with van der Waals surface area (Å²) in [7, 11) is 0. The molecule has 1 saturated heterocycles. The number of halogens is 2. The molecule has 1 heterocycles. The van der Waals surface area contributed by atoms with Gasteiger partial charge in [-0.3, -0.25) is 4.90 Å². The Labute approximate surface area is 99.9 Å². The second-order valence-electron chi connectivity index (χ2n) is 4.75. The summed E-state index contributed by atoms with van der Waals surface area (Å²) in [6, 6.07) is 3.24. The van der Waals surface area contributed by atoms with Crippen LogP contribution in [0.4, 0.5) is 8.78 Å². The second kappa shape index (κ2) is 4.70. The fourth-order valence-corrected chi connectivity index (χ4v) is 2.24. The Morgan fingerprint density at radius 2 is 1.82 bits per heavy atom. The zero-order valence-electron chi connectivity index (χ0n) is 9.92. The van der Waals surface area contributed by atoms with Crippen LogP contribution in [0.15, 0.2) is 18.2 Å². The third-order valence-corrected chi connectivity index (χ3v) is 3.20. The van der Waals surface area contributed by atoms with Crippen LogP contribution < -0.4 is 0 Å². The van der Waals surface area contributed by atoms with E-state index in [1.165, 1.54) is 12.1 Å². The SMILES string of the molecule is CCCCN1CC(O)(c2cc(F)cc(F)c2)C1. The summed E-state index contributed by atoms with van der Waals surface area (Å²) in [6.07, 6.45) is 2.18. The molecule has 0 radical (unpaired) electrons. The van der Waals surface area contributed by atoms with Crippen molar-refractivity contribution in [3.05, 3.63) is 35.4 Å². The van der Waals surface area contributed by atoms with Crippen molar-refractivity contribution >= 4 is 0 Å². The molecule has 0 bridgehead atoms. The minimum atomic E-state index is -1.09. The fraction of sp³-hybridized carbons (Fsp3) is 0.538. The molecule has 17 heavy (non-hydrogen) atoms. The van der Waals surface area contributed by atoms with Crippen LogP contribution in [0.3, 0.4) is 0 Å². The van der Waals surface area contributed by atoms with Crippen LogP contribution in [0.1, 0.15) is 25.3 Å². The number of β-amino-alcohol motifs (C(OH)–C–C–N with tert-alkyl or cyclic N) is 1. The third kappa shape index (κ3) is 2.64. The topological polar surface area (TPSA) is 23.5 Å². The lowest BCUT2D eigenvalue weighted by Crippen LogP contribution is -2.59. The Morgan fingerprint density at radius 3 is 2.35 bits per heavy atom. The predicted molar refractivity (Wildman–Crippen MR) is 61.6 cm³/mol. The highest BCUT2D eigenvalue weighted by molar-refractivity contribution is 5.27. The number of benzene rings is 1. The van der Waals surface area contributed by atoms with Crippen LogP contribution in [-0.2, 0) is 5.60 Å². The summed E-state index contributed by atoms with van der Waals surface area (Å²) in [6.45, 7) is 3.94. The molecule has 2 rings (SSSR count). The van der Waals surface area contributed by atoms with Gasteiger partial charge in [-0.2, -0.15) is 0 Å². The van der Waals surface area contributed by atoms with Crippen LogP contribution in [0.25, 0.3) is 0 Å². The van der Waals surface area contributed by atoms with Crippen molar-refractivity contribution in [3.8, 4) is 0 Å². The van der Waals surface area contributed by atoms with E-state index in [4.69, 9.17) is 0 Å². The lowest BCUT2D eigenvalue weighted by Gasteiger charge is -2.47. The molecule has 1 aromatic carbocycles. The number of aliphatic hydroxyl groups is 1. The summed E-state index contributed by atoms with van der Waals surface area (Å²) >= 11 is 0. The van der Waals surface area contributed by atoms with Gasteiger partial charge < -0.3 is 5.11 Å². The maximum atomic E-state index is 13.1. The molecule has 0 atom stereocenters. The number of nitrogens with zero attached hydrogens (tertiary/aromatic N) is 1. The second-order valence-corrected chi connectivity index (χ2v) is 4.75. The zero-order chi connectivity index (χ0) is 12.5. The monoisotopic (exact) mass is 241 g/mol. The average molecular weight is 241 g/mol. The maximum Gasteiger partial charge on any atom is 0.126 e. The van der Waals surface area contributed by atoms with Gasteiger partial charge >= 0.3 is 0 Å². The van der Waals surface area contributed by atoms with E-state index >= 15 is 0 Å². The molecule has 1 N–H and O–H groups in total. The van der Waals surface area contributed by atoms with Crippen molar-refractivity contribution < 1.29 is 13.9 Å². The first kappa shape index (κ1) is 12.5. The first-order valence-electron chi connectivity index (χ1n) is 5.95. The summed E-state index contributed by atoms with van der Waals surface area (Å²) in [5.74, 6) is -1.28. The number of hydrogen-bond acceptors (Lipinski definition) is 2. The molecule has 0 amide bonds. The molecule has 1 aliphatic heterocycles. The van der Waals surface area contributed by atoms with Gasteiger partial charge in [0, 0.05) is 19.2 Å². The lowest BCUT2D eigenvalue weighted by molar-refractivity contribution is -0.104. The molecule has 4 heteroatoms. The summed E-state index contributed by atoms with van der Waals surface area (Å²) < 4.78 is 26.1. The number of hydrogen-bond donors (Lipinski definition) is 1. The molecule has 0 aromatic heterocycles. The molecule has 2 nitrogen and oxygen atoms in total.